The highest BCUT2D eigenvalue weighted by Crippen LogP contribution is 2.34. The summed E-state index contributed by atoms with van der Waals surface area (Å²) in [5.74, 6) is -0.704. The summed E-state index contributed by atoms with van der Waals surface area (Å²) in [7, 11) is 0. The van der Waals surface area contributed by atoms with Gasteiger partial charge in [0.25, 0.3) is 0 Å². The molecule has 2 heterocycles. The fraction of sp³-hybridized carbons (Fsp3) is 0.133. The number of nitrogens with zero attached hydrogens (tertiary/aromatic N) is 3. The number of rotatable bonds is 4. The minimum atomic E-state index is -4.54. The number of pyridine rings is 1. The lowest BCUT2D eigenvalue weighted by atomic mass is 10.1. The van der Waals surface area contributed by atoms with Crippen LogP contribution in [0, 0.1) is 0 Å². The Morgan fingerprint density at radius 1 is 1.20 bits per heavy atom. The lowest BCUT2D eigenvalue weighted by molar-refractivity contribution is -0.137. The van der Waals surface area contributed by atoms with Crippen molar-refractivity contribution in [3.63, 3.8) is 0 Å². The quantitative estimate of drug-likeness (QED) is 0.693. The van der Waals surface area contributed by atoms with Crippen molar-refractivity contribution >= 4 is 34.7 Å². The number of hydrogen-bond acceptors (Lipinski definition) is 5. The predicted molar refractivity (Wildman–Crippen MR) is 88.2 cm³/mol. The number of thioether (sulfide) groups is 1. The molecule has 0 spiro atoms. The number of fused-ring (bicyclic) bond motifs is 1. The second-order valence-electron chi connectivity index (χ2n) is 5.05. The van der Waals surface area contributed by atoms with Gasteiger partial charge in [0.2, 0.25) is 5.91 Å². The summed E-state index contributed by atoms with van der Waals surface area (Å²) in [6.07, 6.45) is -2.94. The normalized spacial score (nSPS) is 11.6. The Morgan fingerprint density at radius 3 is 2.72 bits per heavy atom. The molecule has 1 aromatic carbocycles. The van der Waals surface area contributed by atoms with Crippen LogP contribution in [0.5, 0.6) is 0 Å². The van der Waals surface area contributed by atoms with Gasteiger partial charge in [-0.1, -0.05) is 23.9 Å². The van der Waals surface area contributed by atoms with Crippen molar-refractivity contribution in [2.45, 2.75) is 11.3 Å². The maximum absolute atomic E-state index is 12.9. The Kier molecular flexibility index (Phi) is 4.53. The van der Waals surface area contributed by atoms with Crippen molar-refractivity contribution in [3.05, 3.63) is 48.2 Å². The zero-order chi connectivity index (χ0) is 18.0. The lowest BCUT2D eigenvalue weighted by Crippen LogP contribution is -2.18. The Morgan fingerprint density at radius 2 is 1.96 bits per heavy atom. The minimum Gasteiger partial charge on any atom is -0.398 e. The second kappa shape index (κ2) is 6.63. The molecule has 3 N–H and O–H groups in total. The molecule has 3 rings (SSSR count). The Bertz CT molecular complexity index is 925. The topological polar surface area (TPSA) is 85.3 Å². The number of amides is 1. The molecule has 0 aliphatic heterocycles. The van der Waals surface area contributed by atoms with Crippen molar-refractivity contribution in [3.8, 4) is 0 Å². The first-order valence-electron chi connectivity index (χ1n) is 7.04. The fourth-order valence-corrected chi connectivity index (χ4v) is 2.86. The highest BCUT2D eigenvalue weighted by Gasteiger charge is 2.33. The van der Waals surface area contributed by atoms with Crippen molar-refractivity contribution < 1.29 is 18.0 Å². The molecule has 6 nitrogen and oxygen atoms in total. The van der Waals surface area contributed by atoms with Gasteiger partial charge in [0.15, 0.2) is 10.8 Å². The number of hydrogen-bond donors (Lipinski definition) is 2. The van der Waals surface area contributed by atoms with Gasteiger partial charge in [0.05, 0.1) is 17.0 Å². The Balaban J connectivity index is 1.70. The zero-order valence-electron chi connectivity index (χ0n) is 12.6. The van der Waals surface area contributed by atoms with Gasteiger partial charge in [-0.2, -0.15) is 13.2 Å². The molecule has 0 bridgehead atoms. The number of nitrogens with two attached hydrogens (primary N) is 1. The van der Waals surface area contributed by atoms with E-state index in [9.17, 15) is 18.0 Å². The van der Waals surface area contributed by atoms with Crippen LogP contribution < -0.4 is 11.1 Å². The molecule has 0 aliphatic carbocycles. The molecule has 0 radical (unpaired) electrons. The summed E-state index contributed by atoms with van der Waals surface area (Å²) in [6.45, 7) is 0. The van der Waals surface area contributed by atoms with E-state index in [2.05, 4.69) is 15.5 Å². The van der Waals surface area contributed by atoms with Crippen molar-refractivity contribution in [1.82, 2.24) is 14.6 Å². The van der Waals surface area contributed by atoms with E-state index in [0.29, 0.717) is 16.5 Å². The SMILES string of the molecule is Nc1ccc2nnc(SCC(=O)Nc3ccccc3C(F)(F)F)n2c1. The smallest absolute Gasteiger partial charge is 0.398 e. The average molecular weight is 367 g/mol. The molecular weight excluding hydrogens is 355 g/mol. The van der Waals surface area contributed by atoms with Crippen LogP contribution in [-0.4, -0.2) is 26.3 Å². The van der Waals surface area contributed by atoms with Gasteiger partial charge in [-0.15, -0.1) is 10.2 Å². The summed E-state index contributed by atoms with van der Waals surface area (Å²) in [5, 5.41) is 10.6. The van der Waals surface area contributed by atoms with E-state index in [1.807, 2.05) is 0 Å². The summed E-state index contributed by atoms with van der Waals surface area (Å²) >= 11 is 1.05. The summed E-state index contributed by atoms with van der Waals surface area (Å²) in [6, 6.07) is 8.15. The number of benzene rings is 1. The largest absolute Gasteiger partial charge is 0.418 e. The van der Waals surface area contributed by atoms with Gasteiger partial charge in [-0.3, -0.25) is 9.20 Å². The number of carbonyl (C=O) groups is 1. The molecule has 25 heavy (non-hydrogen) atoms. The Labute approximate surface area is 144 Å². The van der Waals surface area contributed by atoms with Crippen molar-refractivity contribution in [2.24, 2.45) is 0 Å². The van der Waals surface area contributed by atoms with Gasteiger partial charge in [-0.05, 0) is 24.3 Å². The van der Waals surface area contributed by atoms with Crippen LogP contribution in [0.15, 0.2) is 47.8 Å². The van der Waals surface area contributed by atoms with Crippen LogP contribution in [0.3, 0.4) is 0 Å². The van der Waals surface area contributed by atoms with Gasteiger partial charge in [0, 0.05) is 11.9 Å². The average Bonchev–Trinajstić information content (AvgIpc) is 2.94. The molecule has 0 saturated heterocycles. The molecule has 10 heteroatoms. The van der Waals surface area contributed by atoms with Gasteiger partial charge in [-0.25, -0.2) is 0 Å². The monoisotopic (exact) mass is 367 g/mol. The van der Waals surface area contributed by atoms with E-state index in [4.69, 9.17) is 5.73 Å². The van der Waals surface area contributed by atoms with Gasteiger partial charge >= 0.3 is 6.18 Å². The summed E-state index contributed by atoms with van der Waals surface area (Å²) in [4.78, 5) is 12.0. The number of aromatic nitrogens is 3. The van der Waals surface area contributed by atoms with E-state index in [1.54, 1.807) is 22.7 Å². The van der Waals surface area contributed by atoms with Gasteiger partial charge < -0.3 is 11.1 Å². The molecule has 0 aliphatic rings. The first kappa shape index (κ1) is 17.1. The number of alkyl halides is 3. The highest BCUT2D eigenvalue weighted by atomic mass is 32.2. The molecule has 0 unspecified atom stereocenters. The number of nitrogens with one attached hydrogen (secondary N) is 1. The van der Waals surface area contributed by atoms with Crippen LogP contribution in [-0.2, 0) is 11.0 Å². The number of anilines is 2. The first-order chi connectivity index (χ1) is 11.8. The third kappa shape index (κ3) is 3.85. The second-order valence-corrected chi connectivity index (χ2v) is 6.00. The molecule has 0 atom stereocenters. The van der Waals surface area contributed by atoms with E-state index in [-0.39, 0.29) is 11.4 Å². The predicted octanol–water partition coefficient (Wildman–Crippen LogP) is 3.06. The number of para-hydroxylation sites is 1. The molecular formula is C15H12F3N5OS. The van der Waals surface area contributed by atoms with E-state index in [1.165, 1.54) is 18.2 Å². The van der Waals surface area contributed by atoms with Crippen molar-refractivity contribution in [2.75, 3.05) is 16.8 Å². The maximum atomic E-state index is 12.9. The van der Waals surface area contributed by atoms with Crippen LogP contribution >= 0.6 is 11.8 Å². The molecule has 0 fully saturated rings. The molecule has 130 valence electrons. The van der Waals surface area contributed by atoms with E-state index >= 15 is 0 Å². The van der Waals surface area contributed by atoms with Crippen molar-refractivity contribution in [1.29, 1.82) is 0 Å². The molecule has 0 saturated carbocycles. The number of nitrogen functional groups attached to an aromatic ring is 1. The van der Waals surface area contributed by atoms with Crippen LogP contribution in [0.2, 0.25) is 0 Å². The van der Waals surface area contributed by atoms with Gasteiger partial charge in [0.1, 0.15) is 0 Å². The summed E-state index contributed by atoms with van der Waals surface area (Å²) in [5.41, 5.74) is 5.57. The summed E-state index contributed by atoms with van der Waals surface area (Å²) < 4.78 is 40.4. The van der Waals surface area contributed by atoms with Crippen LogP contribution in [0.4, 0.5) is 24.5 Å². The van der Waals surface area contributed by atoms with E-state index in [0.717, 1.165) is 17.8 Å². The Hall–Kier alpha value is -2.75. The maximum Gasteiger partial charge on any atom is 0.418 e. The standard InChI is InChI=1S/C15H12F3N5OS/c16-15(17,18)10-3-1-2-4-11(10)20-13(24)8-25-14-22-21-12-6-5-9(19)7-23(12)14/h1-7H,8,19H2,(H,20,24). The highest BCUT2D eigenvalue weighted by molar-refractivity contribution is 7.99. The van der Waals surface area contributed by atoms with Crippen LogP contribution in [0.1, 0.15) is 5.56 Å². The minimum absolute atomic E-state index is 0.123. The molecule has 2 aromatic heterocycles. The lowest BCUT2D eigenvalue weighted by Gasteiger charge is -2.13. The fourth-order valence-electron chi connectivity index (χ4n) is 2.14. The first-order valence-corrected chi connectivity index (χ1v) is 8.02. The molecule has 1 amide bonds. The molecule has 3 aromatic rings. The third-order valence-corrected chi connectivity index (χ3v) is 4.18. The number of carbonyl (C=O) groups excluding carboxylic acids is 1. The zero-order valence-corrected chi connectivity index (χ0v) is 13.4. The third-order valence-electron chi connectivity index (χ3n) is 3.23. The number of halogens is 3. The van der Waals surface area contributed by atoms with Crippen LogP contribution in [0.25, 0.3) is 5.65 Å². The van der Waals surface area contributed by atoms with E-state index < -0.39 is 17.6 Å².